The monoisotopic (exact) mass is 282 g/mol. The highest BCUT2D eigenvalue weighted by Gasteiger charge is 2.31. The lowest BCUT2D eigenvalue weighted by atomic mass is 9.98. The summed E-state index contributed by atoms with van der Waals surface area (Å²) in [6.45, 7) is 13.4. The predicted molar refractivity (Wildman–Crippen MR) is 80.8 cm³/mol. The van der Waals surface area contributed by atoms with Crippen molar-refractivity contribution in [2.24, 2.45) is 11.8 Å². The molecule has 2 saturated heterocycles. The van der Waals surface area contributed by atoms with Gasteiger partial charge >= 0.3 is 6.09 Å². The third-order valence-corrected chi connectivity index (χ3v) is 4.33. The van der Waals surface area contributed by atoms with E-state index in [1.54, 1.807) is 0 Å². The summed E-state index contributed by atoms with van der Waals surface area (Å²) < 4.78 is 5.45. The van der Waals surface area contributed by atoms with Crippen molar-refractivity contribution in [1.29, 1.82) is 0 Å². The van der Waals surface area contributed by atoms with E-state index in [0.29, 0.717) is 5.92 Å². The van der Waals surface area contributed by atoms with Gasteiger partial charge < -0.3 is 14.5 Å². The molecule has 0 saturated carbocycles. The predicted octanol–water partition coefficient (Wildman–Crippen LogP) is 2.98. The van der Waals surface area contributed by atoms with Crippen LogP contribution in [0.5, 0.6) is 0 Å². The van der Waals surface area contributed by atoms with E-state index in [0.717, 1.165) is 32.0 Å². The Hall–Kier alpha value is -0.770. The molecule has 2 heterocycles. The molecular weight excluding hydrogens is 252 g/mol. The number of ether oxygens (including phenoxy) is 1. The van der Waals surface area contributed by atoms with Crippen LogP contribution in [0.15, 0.2) is 0 Å². The molecule has 2 aliphatic heterocycles. The van der Waals surface area contributed by atoms with Crippen LogP contribution in [0.2, 0.25) is 0 Å². The zero-order chi connectivity index (χ0) is 14.8. The fourth-order valence-electron chi connectivity index (χ4n) is 3.08. The number of likely N-dealkylation sites (tertiary alicyclic amines) is 2. The Balaban J connectivity index is 1.73. The molecule has 20 heavy (non-hydrogen) atoms. The molecular formula is C16H30N2O2. The van der Waals surface area contributed by atoms with Crippen molar-refractivity contribution >= 4 is 6.09 Å². The molecule has 116 valence electrons. The minimum absolute atomic E-state index is 0.146. The van der Waals surface area contributed by atoms with Gasteiger partial charge in [0.05, 0.1) is 0 Å². The van der Waals surface area contributed by atoms with Crippen LogP contribution in [0.25, 0.3) is 0 Å². The van der Waals surface area contributed by atoms with Crippen molar-refractivity contribution in [3.63, 3.8) is 0 Å². The molecule has 1 unspecified atom stereocenters. The smallest absolute Gasteiger partial charge is 0.410 e. The SMILES string of the molecule is CC1CCN(CC2CCN(C(=O)OC(C)(C)C)C2)CC1. The second-order valence-electron chi connectivity index (χ2n) is 7.56. The fourth-order valence-corrected chi connectivity index (χ4v) is 3.08. The first kappa shape index (κ1) is 15.6. The number of carbonyl (C=O) groups is 1. The molecule has 2 fully saturated rings. The second kappa shape index (κ2) is 6.33. The molecule has 1 amide bonds. The van der Waals surface area contributed by atoms with Gasteiger partial charge in [-0.15, -0.1) is 0 Å². The van der Waals surface area contributed by atoms with Crippen LogP contribution in [0.3, 0.4) is 0 Å². The summed E-state index contributed by atoms with van der Waals surface area (Å²) in [4.78, 5) is 16.5. The highest BCUT2D eigenvalue weighted by atomic mass is 16.6. The van der Waals surface area contributed by atoms with Gasteiger partial charge in [0.25, 0.3) is 0 Å². The maximum absolute atomic E-state index is 12.0. The van der Waals surface area contributed by atoms with E-state index >= 15 is 0 Å². The van der Waals surface area contributed by atoms with Crippen molar-refractivity contribution in [1.82, 2.24) is 9.80 Å². The summed E-state index contributed by atoms with van der Waals surface area (Å²) in [5, 5.41) is 0. The van der Waals surface area contributed by atoms with Crippen LogP contribution in [-0.2, 0) is 4.74 Å². The van der Waals surface area contributed by atoms with Crippen molar-refractivity contribution in [3.05, 3.63) is 0 Å². The van der Waals surface area contributed by atoms with E-state index in [-0.39, 0.29) is 6.09 Å². The molecule has 2 rings (SSSR count). The van der Waals surface area contributed by atoms with Crippen LogP contribution in [0.1, 0.15) is 47.0 Å². The fraction of sp³-hybridized carbons (Fsp3) is 0.938. The van der Waals surface area contributed by atoms with Crippen LogP contribution >= 0.6 is 0 Å². The normalized spacial score (nSPS) is 26.0. The van der Waals surface area contributed by atoms with Gasteiger partial charge in [0.1, 0.15) is 5.60 Å². The first-order valence-electron chi connectivity index (χ1n) is 8.04. The highest BCUT2D eigenvalue weighted by molar-refractivity contribution is 5.68. The summed E-state index contributed by atoms with van der Waals surface area (Å²) in [7, 11) is 0. The zero-order valence-electron chi connectivity index (χ0n) is 13.5. The van der Waals surface area contributed by atoms with E-state index in [2.05, 4.69) is 11.8 Å². The molecule has 0 aromatic rings. The quantitative estimate of drug-likeness (QED) is 0.780. The van der Waals surface area contributed by atoms with Crippen molar-refractivity contribution in [2.75, 3.05) is 32.7 Å². The molecule has 4 nitrogen and oxygen atoms in total. The van der Waals surface area contributed by atoms with Gasteiger partial charge in [0, 0.05) is 19.6 Å². The van der Waals surface area contributed by atoms with Crippen molar-refractivity contribution in [3.8, 4) is 0 Å². The van der Waals surface area contributed by atoms with Gasteiger partial charge in [-0.2, -0.15) is 0 Å². The highest BCUT2D eigenvalue weighted by Crippen LogP contribution is 2.23. The Morgan fingerprint density at radius 3 is 2.40 bits per heavy atom. The van der Waals surface area contributed by atoms with Gasteiger partial charge in [0.15, 0.2) is 0 Å². The Kier molecular flexibility index (Phi) is 4.95. The number of amides is 1. The Morgan fingerprint density at radius 2 is 1.80 bits per heavy atom. The average molecular weight is 282 g/mol. The number of hydrogen-bond acceptors (Lipinski definition) is 3. The van der Waals surface area contributed by atoms with Gasteiger partial charge in [0.2, 0.25) is 0 Å². The number of nitrogens with zero attached hydrogens (tertiary/aromatic N) is 2. The Labute approximate surface area is 123 Å². The van der Waals surface area contributed by atoms with E-state index in [1.807, 2.05) is 25.7 Å². The first-order valence-corrected chi connectivity index (χ1v) is 8.04. The molecule has 0 aromatic carbocycles. The third-order valence-electron chi connectivity index (χ3n) is 4.33. The van der Waals surface area contributed by atoms with Crippen LogP contribution < -0.4 is 0 Å². The van der Waals surface area contributed by atoms with Crippen LogP contribution in [0, 0.1) is 11.8 Å². The van der Waals surface area contributed by atoms with E-state index in [4.69, 9.17) is 4.74 Å². The molecule has 0 spiro atoms. The Bertz CT molecular complexity index is 330. The topological polar surface area (TPSA) is 32.8 Å². The summed E-state index contributed by atoms with van der Waals surface area (Å²) in [5.74, 6) is 1.50. The lowest BCUT2D eigenvalue weighted by Crippen LogP contribution is -2.38. The number of rotatable bonds is 2. The van der Waals surface area contributed by atoms with E-state index < -0.39 is 5.60 Å². The number of hydrogen-bond donors (Lipinski definition) is 0. The van der Waals surface area contributed by atoms with Gasteiger partial charge in [-0.05, 0) is 65.0 Å². The van der Waals surface area contributed by atoms with Gasteiger partial charge in [-0.3, -0.25) is 0 Å². The Morgan fingerprint density at radius 1 is 1.15 bits per heavy atom. The summed E-state index contributed by atoms with van der Waals surface area (Å²) in [5.41, 5.74) is -0.391. The number of carbonyl (C=O) groups excluding carboxylic acids is 1. The zero-order valence-corrected chi connectivity index (χ0v) is 13.5. The van der Waals surface area contributed by atoms with Gasteiger partial charge in [-0.1, -0.05) is 6.92 Å². The summed E-state index contributed by atoms with van der Waals surface area (Å²) in [6, 6.07) is 0. The van der Waals surface area contributed by atoms with E-state index in [9.17, 15) is 4.79 Å². The lowest BCUT2D eigenvalue weighted by Gasteiger charge is -2.32. The number of piperidine rings is 1. The van der Waals surface area contributed by atoms with Crippen LogP contribution in [0.4, 0.5) is 4.79 Å². The first-order chi connectivity index (χ1) is 9.33. The average Bonchev–Trinajstić information content (AvgIpc) is 2.79. The summed E-state index contributed by atoms with van der Waals surface area (Å²) >= 11 is 0. The molecule has 0 aromatic heterocycles. The maximum Gasteiger partial charge on any atom is 0.410 e. The van der Waals surface area contributed by atoms with Crippen molar-refractivity contribution in [2.45, 2.75) is 52.6 Å². The molecule has 0 N–H and O–H groups in total. The minimum atomic E-state index is -0.391. The lowest BCUT2D eigenvalue weighted by molar-refractivity contribution is 0.0284. The largest absolute Gasteiger partial charge is 0.444 e. The molecule has 0 radical (unpaired) electrons. The molecule has 0 bridgehead atoms. The maximum atomic E-state index is 12.0. The standard InChI is InChI=1S/C16H30N2O2/c1-13-5-8-17(9-6-13)11-14-7-10-18(12-14)15(19)20-16(2,3)4/h13-14H,5-12H2,1-4H3. The van der Waals surface area contributed by atoms with Gasteiger partial charge in [-0.25, -0.2) is 4.79 Å². The summed E-state index contributed by atoms with van der Waals surface area (Å²) in [6.07, 6.45) is 3.61. The molecule has 4 heteroatoms. The minimum Gasteiger partial charge on any atom is -0.444 e. The molecule has 1 atom stereocenters. The third kappa shape index (κ3) is 4.65. The van der Waals surface area contributed by atoms with Crippen LogP contribution in [-0.4, -0.2) is 54.2 Å². The van der Waals surface area contributed by atoms with Crippen molar-refractivity contribution < 1.29 is 9.53 Å². The van der Waals surface area contributed by atoms with E-state index in [1.165, 1.54) is 25.9 Å². The second-order valence-corrected chi connectivity index (χ2v) is 7.56. The molecule has 0 aliphatic carbocycles. The molecule has 2 aliphatic rings.